The van der Waals surface area contributed by atoms with Crippen molar-refractivity contribution in [2.45, 2.75) is 44.7 Å². The van der Waals surface area contributed by atoms with E-state index in [1.54, 1.807) is 6.20 Å². The van der Waals surface area contributed by atoms with E-state index in [9.17, 15) is 4.79 Å². The second-order valence-electron chi connectivity index (χ2n) is 9.02. The van der Waals surface area contributed by atoms with E-state index < -0.39 is 0 Å². The summed E-state index contributed by atoms with van der Waals surface area (Å²) in [4.78, 5) is 20.2. The largest absolute Gasteiger partial charge is 0.378 e. The molecule has 3 aromatic rings. The number of fused-ring (bicyclic) bond motifs is 1. The van der Waals surface area contributed by atoms with Gasteiger partial charge in [-0.15, -0.1) is 0 Å². The first-order chi connectivity index (χ1) is 15.0. The Kier molecular flexibility index (Phi) is 5.27. The summed E-state index contributed by atoms with van der Waals surface area (Å²) < 4.78 is 7.32. The van der Waals surface area contributed by atoms with Crippen molar-refractivity contribution in [2.24, 2.45) is 7.05 Å². The van der Waals surface area contributed by atoms with E-state index in [2.05, 4.69) is 51.5 Å². The Labute approximate surface area is 182 Å². The number of hydrogen-bond acceptors (Lipinski definition) is 5. The van der Waals surface area contributed by atoms with Crippen LogP contribution in [0.2, 0.25) is 0 Å². The van der Waals surface area contributed by atoms with Crippen LogP contribution in [-0.4, -0.2) is 68.9 Å². The van der Waals surface area contributed by atoms with Crippen molar-refractivity contribution in [3.05, 3.63) is 35.8 Å². The number of carbonyl (C=O) groups excluding carboxylic acids is 1. The van der Waals surface area contributed by atoms with Crippen molar-refractivity contribution in [3.63, 3.8) is 0 Å². The molecule has 0 aromatic carbocycles. The SMILES string of the molecule is CC(C)c1c(C(=O)NC2CCN(C3COC3)CC2)n[nH]c1-c1cn(C)c2ncccc12. The lowest BCUT2D eigenvalue weighted by molar-refractivity contribution is -0.0717. The Balaban J connectivity index is 1.37. The highest BCUT2D eigenvalue weighted by Crippen LogP contribution is 2.35. The molecule has 8 heteroatoms. The third-order valence-electron chi connectivity index (χ3n) is 6.60. The van der Waals surface area contributed by atoms with E-state index in [4.69, 9.17) is 4.74 Å². The molecule has 164 valence electrons. The Hall–Kier alpha value is -2.71. The standard InChI is InChI=1S/C23H30N6O2/c1-14(2)19-20(18-11-28(3)22-17(18)5-4-8-24-22)26-27-21(19)23(30)25-15-6-9-29(10-7-15)16-12-31-13-16/h4-5,8,11,14-16H,6-7,9-10,12-13H2,1-3H3,(H,25,30)(H,26,27). The molecular weight excluding hydrogens is 392 g/mol. The maximum Gasteiger partial charge on any atom is 0.272 e. The molecular formula is C23H30N6O2. The lowest BCUT2D eigenvalue weighted by Gasteiger charge is -2.41. The monoisotopic (exact) mass is 422 g/mol. The molecule has 0 atom stereocenters. The Morgan fingerprint density at radius 3 is 2.74 bits per heavy atom. The molecule has 2 saturated heterocycles. The fourth-order valence-electron chi connectivity index (χ4n) is 4.80. The lowest BCUT2D eigenvalue weighted by Crippen LogP contribution is -2.54. The number of hydrogen-bond donors (Lipinski definition) is 2. The van der Waals surface area contributed by atoms with Crippen molar-refractivity contribution in [1.82, 2.24) is 30.0 Å². The van der Waals surface area contributed by atoms with Gasteiger partial charge in [0.15, 0.2) is 5.69 Å². The number of carbonyl (C=O) groups is 1. The van der Waals surface area contributed by atoms with E-state index in [1.165, 1.54) is 0 Å². The number of aromatic nitrogens is 4. The molecule has 5 heterocycles. The Bertz CT molecular complexity index is 1090. The number of likely N-dealkylation sites (tertiary alicyclic amines) is 1. The van der Waals surface area contributed by atoms with Crippen LogP contribution in [0.1, 0.15) is 48.7 Å². The number of nitrogens with one attached hydrogen (secondary N) is 2. The summed E-state index contributed by atoms with van der Waals surface area (Å²) in [5.41, 5.74) is 4.30. The Morgan fingerprint density at radius 2 is 2.06 bits per heavy atom. The smallest absolute Gasteiger partial charge is 0.272 e. The van der Waals surface area contributed by atoms with Crippen LogP contribution in [0.4, 0.5) is 0 Å². The minimum atomic E-state index is -0.0880. The molecule has 5 rings (SSSR count). The molecule has 2 aliphatic rings. The summed E-state index contributed by atoms with van der Waals surface area (Å²) in [6.45, 7) is 7.90. The second-order valence-corrected chi connectivity index (χ2v) is 9.02. The number of piperidine rings is 1. The third-order valence-corrected chi connectivity index (χ3v) is 6.60. The molecule has 0 bridgehead atoms. The van der Waals surface area contributed by atoms with Crippen LogP contribution in [-0.2, 0) is 11.8 Å². The molecule has 0 spiro atoms. The number of H-pyrrole nitrogens is 1. The summed E-state index contributed by atoms with van der Waals surface area (Å²) >= 11 is 0. The van der Waals surface area contributed by atoms with Crippen LogP contribution in [0, 0.1) is 0 Å². The normalized spacial score (nSPS) is 18.6. The minimum absolute atomic E-state index is 0.0880. The van der Waals surface area contributed by atoms with Crippen molar-refractivity contribution in [2.75, 3.05) is 26.3 Å². The van der Waals surface area contributed by atoms with Crippen molar-refractivity contribution in [3.8, 4) is 11.3 Å². The third kappa shape index (κ3) is 3.64. The highest BCUT2D eigenvalue weighted by atomic mass is 16.5. The molecule has 0 unspecified atom stereocenters. The van der Waals surface area contributed by atoms with Gasteiger partial charge in [-0.05, 0) is 30.9 Å². The highest BCUT2D eigenvalue weighted by molar-refractivity contribution is 5.99. The van der Waals surface area contributed by atoms with Crippen LogP contribution in [0.25, 0.3) is 22.3 Å². The van der Waals surface area contributed by atoms with Crippen LogP contribution >= 0.6 is 0 Å². The van der Waals surface area contributed by atoms with Gasteiger partial charge in [-0.1, -0.05) is 13.8 Å². The van der Waals surface area contributed by atoms with Crippen LogP contribution in [0.3, 0.4) is 0 Å². The van der Waals surface area contributed by atoms with Gasteiger partial charge in [-0.25, -0.2) is 4.98 Å². The summed E-state index contributed by atoms with van der Waals surface area (Å²) in [5, 5.41) is 11.9. The van der Waals surface area contributed by atoms with E-state index in [0.717, 1.165) is 67.0 Å². The first-order valence-electron chi connectivity index (χ1n) is 11.1. The topological polar surface area (TPSA) is 88.1 Å². The van der Waals surface area contributed by atoms with Crippen LogP contribution in [0.15, 0.2) is 24.5 Å². The molecule has 1 amide bonds. The van der Waals surface area contributed by atoms with Crippen molar-refractivity contribution >= 4 is 16.9 Å². The van der Waals surface area contributed by atoms with Crippen molar-refractivity contribution < 1.29 is 9.53 Å². The van der Waals surface area contributed by atoms with Crippen LogP contribution in [0.5, 0.6) is 0 Å². The zero-order valence-corrected chi connectivity index (χ0v) is 18.4. The molecule has 8 nitrogen and oxygen atoms in total. The molecule has 0 saturated carbocycles. The minimum Gasteiger partial charge on any atom is -0.378 e. The second kappa shape index (κ2) is 8.09. The van der Waals surface area contributed by atoms with E-state index in [1.807, 2.05) is 17.7 Å². The van der Waals surface area contributed by atoms with Gasteiger partial charge in [0.05, 0.1) is 24.9 Å². The van der Waals surface area contributed by atoms with E-state index >= 15 is 0 Å². The maximum absolute atomic E-state index is 13.2. The molecule has 2 fully saturated rings. The summed E-state index contributed by atoms with van der Waals surface area (Å²) in [6.07, 6.45) is 5.78. The fraction of sp³-hybridized carbons (Fsp3) is 0.522. The number of amides is 1. The van der Waals surface area contributed by atoms with Gasteiger partial charge in [-0.2, -0.15) is 5.10 Å². The zero-order valence-electron chi connectivity index (χ0n) is 18.4. The van der Waals surface area contributed by atoms with Gasteiger partial charge in [0.1, 0.15) is 5.65 Å². The molecule has 0 aliphatic carbocycles. The maximum atomic E-state index is 13.2. The number of pyridine rings is 1. The molecule has 3 aromatic heterocycles. The Morgan fingerprint density at radius 1 is 1.29 bits per heavy atom. The summed E-state index contributed by atoms with van der Waals surface area (Å²) in [7, 11) is 1.99. The molecule has 2 aliphatic heterocycles. The highest BCUT2D eigenvalue weighted by Gasteiger charge is 2.31. The van der Waals surface area contributed by atoms with E-state index in [-0.39, 0.29) is 17.9 Å². The average molecular weight is 423 g/mol. The first-order valence-corrected chi connectivity index (χ1v) is 11.1. The van der Waals surface area contributed by atoms with Gasteiger partial charge < -0.3 is 14.6 Å². The number of ether oxygens (including phenoxy) is 1. The zero-order chi connectivity index (χ0) is 21.5. The number of aryl methyl sites for hydroxylation is 1. The number of rotatable bonds is 5. The van der Waals surface area contributed by atoms with Gasteiger partial charge >= 0.3 is 0 Å². The van der Waals surface area contributed by atoms with Gasteiger partial charge in [0.25, 0.3) is 5.91 Å². The molecule has 2 N–H and O–H groups in total. The summed E-state index contributed by atoms with van der Waals surface area (Å²) in [5.74, 6) is 0.0666. The van der Waals surface area contributed by atoms with Gasteiger partial charge in [0, 0.05) is 55.1 Å². The number of nitrogens with zero attached hydrogens (tertiary/aromatic N) is 4. The lowest BCUT2D eigenvalue weighted by atomic mass is 9.96. The van der Waals surface area contributed by atoms with Gasteiger partial charge in [0.2, 0.25) is 0 Å². The van der Waals surface area contributed by atoms with Gasteiger partial charge in [-0.3, -0.25) is 14.8 Å². The molecule has 0 radical (unpaired) electrons. The van der Waals surface area contributed by atoms with Crippen molar-refractivity contribution in [1.29, 1.82) is 0 Å². The molecule has 31 heavy (non-hydrogen) atoms. The predicted octanol–water partition coefficient (Wildman–Crippen LogP) is 2.68. The quantitative estimate of drug-likeness (QED) is 0.660. The summed E-state index contributed by atoms with van der Waals surface area (Å²) in [6, 6.07) is 4.75. The number of aromatic amines is 1. The van der Waals surface area contributed by atoms with Crippen LogP contribution < -0.4 is 5.32 Å². The van der Waals surface area contributed by atoms with E-state index in [0.29, 0.717) is 11.7 Å². The first kappa shape index (κ1) is 20.2. The predicted molar refractivity (Wildman–Crippen MR) is 119 cm³/mol. The fourth-order valence-corrected chi connectivity index (χ4v) is 4.80. The average Bonchev–Trinajstić information content (AvgIpc) is 3.30.